The quantitative estimate of drug-likeness (QED) is 0.833. The maximum absolute atomic E-state index is 13.1. The fourth-order valence-corrected chi connectivity index (χ4v) is 2.47. The van der Waals surface area contributed by atoms with Crippen LogP contribution in [0, 0.1) is 11.7 Å². The highest BCUT2D eigenvalue weighted by Crippen LogP contribution is 2.16. The van der Waals surface area contributed by atoms with Gasteiger partial charge in [0.25, 0.3) is 5.91 Å². The second-order valence-corrected chi connectivity index (χ2v) is 5.60. The molecule has 0 saturated carbocycles. The van der Waals surface area contributed by atoms with Crippen LogP contribution in [0.3, 0.4) is 0 Å². The average molecular weight is 282 g/mol. The highest BCUT2D eigenvalue weighted by Gasteiger charge is 2.17. The summed E-state index contributed by atoms with van der Waals surface area (Å²) >= 11 is 3.98. The molecule has 5 heteroatoms. The zero-order chi connectivity index (χ0) is 13.8. The molecule has 1 heterocycles. The van der Waals surface area contributed by atoms with Crippen LogP contribution in [-0.4, -0.2) is 37.5 Å². The minimum atomic E-state index is -0.407. The fraction of sp³-hybridized carbons (Fsp3) is 0.500. The molecule has 0 radical (unpaired) electrons. The van der Waals surface area contributed by atoms with Crippen LogP contribution >= 0.6 is 12.6 Å². The van der Waals surface area contributed by atoms with Gasteiger partial charge in [-0.2, -0.15) is 0 Å². The van der Waals surface area contributed by atoms with E-state index < -0.39 is 5.82 Å². The zero-order valence-electron chi connectivity index (χ0n) is 11.0. The van der Waals surface area contributed by atoms with Gasteiger partial charge in [0.05, 0.1) is 0 Å². The van der Waals surface area contributed by atoms with Gasteiger partial charge in [0.15, 0.2) is 0 Å². The molecule has 0 aliphatic carbocycles. The van der Waals surface area contributed by atoms with E-state index in [9.17, 15) is 9.18 Å². The second kappa shape index (κ2) is 6.39. The molecule has 1 fully saturated rings. The summed E-state index contributed by atoms with van der Waals surface area (Å²) in [5.74, 6) is -0.0273. The number of nitrogens with one attached hydrogen (secondary N) is 1. The molecular formula is C14H19FN2OS. The van der Waals surface area contributed by atoms with Crippen LogP contribution in [0.15, 0.2) is 23.1 Å². The summed E-state index contributed by atoms with van der Waals surface area (Å²) in [5.41, 5.74) is 0.458. The maximum atomic E-state index is 13.1. The third kappa shape index (κ3) is 3.94. The van der Waals surface area contributed by atoms with E-state index in [0.29, 0.717) is 18.0 Å². The number of halogens is 1. The molecule has 19 heavy (non-hydrogen) atoms. The van der Waals surface area contributed by atoms with Crippen molar-refractivity contribution in [2.75, 3.05) is 26.7 Å². The lowest BCUT2D eigenvalue weighted by molar-refractivity contribution is 0.0938. The highest BCUT2D eigenvalue weighted by molar-refractivity contribution is 7.80. The van der Waals surface area contributed by atoms with Gasteiger partial charge < -0.3 is 10.2 Å². The van der Waals surface area contributed by atoms with Gasteiger partial charge in [-0.3, -0.25) is 4.79 Å². The molecular weight excluding hydrogens is 263 g/mol. The molecule has 2 rings (SSSR count). The Morgan fingerprint density at radius 2 is 2.16 bits per heavy atom. The van der Waals surface area contributed by atoms with Gasteiger partial charge in [-0.1, -0.05) is 0 Å². The van der Waals surface area contributed by atoms with Crippen molar-refractivity contribution in [3.63, 3.8) is 0 Å². The Kier molecular flexibility index (Phi) is 4.82. The van der Waals surface area contributed by atoms with E-state index in [1.54, 1.807) is 0 Å². The zero-order valence-corrected chi connectivity index (χ0v) is 11.9. The molecule has 0 unspecified atom stereocenters. The predicted molar refractivity (Wildman–Crippen MR) is 76.2 cm³/mol. The van der Waals surface area contributed by atoms with Gasteiger partial charge in [0, 0.05) is 17.0 Å². The number of thiol groups is 1. The number of likely N-dealkylation sites (tertiary alicyclic amines) is 1. The van der Waals surface area contributed by atoms with Crippen LogP contribution in [0.1, 0.15) is 23.2 Å². The maximum Gasteiger partial charge on any atom is 0.251 e. The average Bonchev–Trinajstić information content (AvgIpc) is 2.41. The van der Waals surface area contributed by atoms with E-state index in [1.807, 2.05) is 0 Å². The first kappa shape index (κ1) is 14.3. The minimum absolute atomic E-state index is 0.158. The number of carbonyl (C=O) groups excluding carboxylic acids is 1. The number of rotatable bonds is 3. The summed E-state index contributed by atoms with van der Waals surface area (Å²) in [6.45, 7) is 2.85. The lowest BCUT2D eigenvalue weighted by Gasteiger charge is -2.28. The number of nitrogens with zero attached hydrogens (tertiary/aromatic N) is 1. The minimum Gasteiger partial charge on any atom is -0.352 e. The number of hydrogen-bond donors (Lipinski definition) is 2. The molecule has 1 aliphatic heterocycles. The molecule has 3 nitrogen and oxygen atoms in total. The molecule has 1 amide bonds. The van der Waals surface area contributed by atoms with Crippen LogP contribution in [0.5, 0.6) is 0 Å². The van der Waals surface area contributed by atoms with Crippen molar-refractivity contribution >= 4 is 18.5 Å². The standard InChI is InChI=1S/C14H19FN2OS/c1-17-6-4-10(5-7-17)9-16-14(18)11-2-3-12(15)13(19)8-11/h2-3,8,10,19H,4-7,9H2,1H3,(H,16,18). The smallest absolute Gasteiger partial charge is 0.251 e. The van der Waals surface area contributed by atoms with Gasteiger partial charge in [-0.25, -0.2) is 4.39 Å². The third-order valence-corrected chi connectivity index (χ3v) is 3.94. The Balaban J connectivity index is 1.85. The van der Waals surface area contributed by atoms with E-state index in [-0.39, 0.29) is 10.8 Å². The SMILES string of the molecule is CN1CCC(CNC(=O)c2ccc(F)c(S)c2)CC1. The first-order chi connectivity index (χ1) is 9.06. The number of hydrogen-bond acceptors (Lipinski definition) is 3. The molecule has 0 bridgehead atoms. The molecule has 1 aromatic rings. The molecule has 0 aromatic heterocycles. The number of benzene rings is 1. The largest absolute Gasteiger partial charge is 0.352 e. The highest BCUT2D eigenvalue weighted by atomic mass is 32.1. The summed E-state index contributed by atoms with van der Waals surface area (Å²) in [7, 11) is 2.11. The van der Waals surface area contributed by atoms with E-state index in [4.69, 9.17) is 0 Å². The van der Waals surface area contributed by atoms with Gasteiger partial charge >= 0.3 is 0 Å². The number of amides is 1. The van der Waals surface area contributed by atoms with E-state index in [1.165, 1.54) is 18.2 Å². The number of piperidine rings is 1. The van der Waals surface area contributed by atoms with Gasteiger partial charge in [0.2, 0.25) is 0 Å². The van der Waals surface area contributed by atoms with Crippen molar-refractivity contribution in [1.82, 2.24) is 10.2 Å². The van der Waals surface area contributed by atoms with Crippen LogP contribution in [0.4, 0.5) is 4.39 Å². The van der Waals surface area contributed by atoms with Crippen LogP contribution < -0.4 is 5.32 Å². The normalized spacial score (nSPS) is 17.4. The Labute approximate surface area is 118 Å². The van der Waals surface area contributed by atoms with Crippen molar-refractivity contribution in [2.45, 2.75) is 17.7 Å². The third-order valence-electron chi connectivity index (χ3n) is 3.60. The molecule has 1 aliphatic rings. The number of carbonyl (C=O) groups is 1. The summed E-state index contributed by atoms with van der Waals surface area (Å²) < 4.78 is 13.1. The van der Waals surface area contributed by atoms with Crippen molar-refractivity contribution in [3.8, 4) is 0 Å². The lowest BCUT2D eigenvalue weighted by Crippen LogP contribution is -2.36. The molecule has 1 aromatic carbocycles. The van der Waals surface area contributed by atoms with Gasteiger partial charge in [-0.15, -0.1) is 12.6 Å². The van der Waals surface area contributed by atoms with Crippen LogP contribution in [-0.2, 0) is 0 Å². The van der Waals surface area contributed by atoms with Crippen molar-refractivity contribution in [1.29, 1.82) is 0 Å². The predicted octanol–water partition coefficient (Wildman–Crippen LogP) is 2.19. The van der Waals surface area contributed by atoms with E-state index in [0.717, 1.165) is 25.9 Å². The Bertz CT molecular complexity index is 459. The molecule has 104 valence electrons. The van der Waals surface area contributed by atoms with E-state index in [2.05, 4.69) is 29.9 Å². The Hall–Kier alpha value is -1.07. The first-order valence-electron chi connectivity index (χ1n) is 6.51. The van der Waals surface area contributed by atoms with Gasteiger partial charge in [0.1, 0.15) is 5.82 Å². The van der Waals surface area contributed by atoms with Crippen molar-refractivity contribution < 1.29 is 9.18 Å². The van der Waals surface area contributed by atoms with Gasteiger partial charge in [-0.05, 0) is 57.1 Å². The topological polar surface area (TPSA) is 32.3 Å². The Morgan fingerprint density at radius 3 is 2.79 bits per heavy atom. The second-order valence-electron chi connectivity index (χ2n) is 5.12. The molecule has 0 spiro atoms. The molecule has 0 atom stereocenters. The first-order valence-corrected chi connectivity index (χ1v) is 6.96. The molecule has 1 N–H and O–H groups in total. The van der Waals surface area contributed by atoms with Crippen LogP contribution in [0.2, 0.25) is 0 Å². The Morgan fingerprint density at radius 1 is 1.47 bits per heavy atom. The van der Waals surface area contributed by atoms with Crippen LogP contribution in [0.25, 0.3) is 0 Å². The summed E-state index contributed by atoms with van der Waals surface area (Å²) in [5, 5.41) is 2.92. The van der Waals surface area contributed by atoms with Crippen molar-refractivity contribution in [2.24, 2.45) is 5.92 Å². The lowest BCUT2D eigenvalue weighted by atomic mass is 9.97. The summed E-state index contributed by atoms with van der Waals surface area (Å²) in [6.07, 6.45) is 2.22. The summed E-state index contributed by atoms with van der Waals surface area (Å²) in [6, 6.07) is 4.22. The van der Waals surface area contributed by atoms with Crippen molar-refractivity contribution in [3.05, 3.63) is 29.6 Å². The fourth-order valence-electron chi connectivity index (χ4n) is 2.26. The summed E-state index contributed by atoms with van der Waals surface area (Å²) in [4.78, 5) is 14.4. The monoisotopic (exact) mass is 282 g/mol. The van der Waals surface area contributed by atoms with E-state index >= 15 is 0 Å². The molecule has 1 saturated heterocycles.